The second-order valence-electron chi connectivity index (χ2n) is 10.0. The molecule has 0 radical (unpaired) electrons. The fourth-order valence-corrected chi connectivity index (χ4v) is 14.0. The molecule has 4 rings (SSSR count). The topological polar surface area (TPSA) is 23.3 Å². The molecule has 0 bridgehead atoms. The van der Waals surface area contributed by atoms with Gasteiger partial charge in [0.15, 0.2) is 0 Å². The van der Waals surface area contributed by atoms with Crippen LogP contribution in [-0.4, -0.2) is 26.1 Å². The van der Waals surface area contributed by atoms with Crippen molar-refractivity contribution in [2.45, 2.75) is 68.3 Å². The average Bonchev–Trinajstić information content (AvgIpc) is 3.15. The summed E-state index contributed by atoms with van der Waals surface area (Å²) in [6.45, 7) is 14.2. The minimum atomic E-state index is -2.24. The molecule has 1 aliphatic carbocycles. The van der Waals surface area contributed by atoms with Crippen LogP contribution >= 0.6 is 11.8 Å². The van der Waals surface area contributed by atoms with Crippen molar-refractivity contribution in [3.05, 3.63) is 81.4 Å². The molecule has 180 valence electrons. The Kier molecular flexibility index (Phi) is 11.8. The van der Waals surface area contributed by atoms with Crippen LogP contribution in [0.2, 0.25) is 12.1 Å². The fourth-order valence-electron chi connectivity index (χ4n) is 6.00. The zero-order valence-corrected chi connectivity index (χ0v) is 25.6. The number of benzene rings is 2. The summed E-state index contributed by atoms with van der Waals surface area (Å²) in [5, 5.41) is 1.96. The van der Waals surface area contributed by atoms with Crippen molar-refractivity contribution < 1.29 is 26.5 Å². The number of rotatable bonds is 4. The van der Waals surface area contributed by atoms with Gasteiger partial charge < -0.3 is 32.0 Å². The Bertz CT molecular complexity index is 901. The van der Waals surface area contributed by atoms with Crippen molar-refractivity contribution in [1.82, 2.24) is 0 Å². The van der Waals surface area contributed by atoms with E-state index in [1.54, 1.807) is 12.7 Å². The van der Waals surface area contributed by atoms with Crippen molar-refractivity contribution in [3.8, 4) is 5.75 Å². The summed E-state index contributed by atoms with van der Waals surface area (Å²) in [6.07, 6.45) is 0. The van der Waals surface area contributed by atoms with Gasteiger partial charge in [0.05, 0.1) is 7.11 Å². The molecule has 5 heteroatoms. The molecule has 1 fully saturated rings. The van der Waals surface area contributed by atoms with Crippen molar-refractivity contribution in [2.75, 3.05) is 7.11 Å². The molecule has 33 heavy (non-hydrogen) atoms. The second-order valence-corrected chi connectivity index (χ2v) is 15.0. The van der Waals surface area contributed by atoms with Gasteiger partial charge in [-0.15, -0.1) is 17.3 Å². The molecule has 6 atom stereocenters. The van der Waals surface area contributed by atoms with E-state index in [1.165, 1.54) is 10.1 Å². The number of nitrogens with zero attached hydrogens (tertiary/aromatic N) is 1. The van der Waals surface area contributed by atoms with Crippen molar-refractivity contribution >= 4 is 25.2 Å². The zero-order chi connectivity index (χ0) is 21.0. The number of hydrogen-bond acceptors (Lipinski definition) is 2. The molecule has 6 unspecified atom stereocenters. The minimum Gasteiger partial charge on any atom is -0.656 e. The Morgan fingerprint density at radius 3 is 2.09 bits per heavy atom. The molecule has 2 aromatic rings. The van der Waals surface area contributed by atoms with E-state index in [0.29, 0.717) is 28.5 Å². The van der Waals surface area contributed by atoms with Crippen molar-refractivity contribution in [3.63, 3.8) is 0 Å². The first-order chi connectivity index (χ1) is 13.7. The van der Waals surface area contributed by atoms with Gasteiger partial charge in [-0.3, -0.25) is 0 Å². The summed E-state index contributed by atoms with van der Waals surface area (Å²) >= 11 is 2.12. The van der Waals surface area contributed by atoms with Crippen LogP contribution in [0.15, 0.2) is 53.4 Å². The Labute approximate surface area is 225 Å². The van der Waals surface area contributed by atoms with Gasteiger partial charge in [0.1, 0.15) is 5.75 Å². The molecule has 2 aromatic carbocycles. The van der Waals surface area contributed by atoms with Gasteiger partial charge in [-0.25, -0.2) is 0 Å². The first kappa shape index (κ1) is 32.5. The van der Waals surface area contributed by atoms with Crippen LogP contribution in [0.5, 0.6) is 5.75 Å². The van der Waals surface area contributed by atoms with E-state index in [-0.39, 0.29) is 49.5 Å². The summed E-state index contributed by atoms with van der Waals surface area (Å²) < 4.78 is 5.87. The number of fused-ring (bicyclic) bond motifs is 3. The summed E-state index contributed by atoms with van der Waals surface area (Å²) in [5.74, 6) is 2.95. The Hall–Kier alpha value is -0.519. The quantitative estimate of drug-likeness (QED) is 0.304. The van der Waals surface area contributed by atoms with Gasteiger partial charge in [0.25, 0.3) is 0 Å². The number of ether oxygens (including phenoxy) is 1. The average molecular weight is 518 g/mol. The Morgan fingerprint density at radius 2 is 1.48 bits per heavy atom. The van der Waals surface area contributed by atoms with E-state index in [2.05, 4.69) is 101 Å². The van der Waals surface area contributed by atoms with E-state index in [0.717, 1.165) is 5.75 Å². The van der Waals surface area contributed by atoms with Gasteiger partial charge in [0, 0.05) is 10.1 Å². The molecule has 0 saturated heterocycles. The number of thioether (sulfide) groups is 1. The van der Waals surface area contributed by atoms with Crippen molar-refractivity contribution in [2.24, 2.45) is 11.8 Å². The Balaban J connectivity index is 0.00000256. The summed E-state index contributed by atoms with van der Waals surface area (Å²) in [5.41, 5.74) is 2.07. The first-order valence-corrected chi connectivity index (χ1v) is 14.2. The molecular formula is C28H43NOSSiTi. The SMILES string of the molecule is COc1ccccc1[Si](C)([N-]C(C)(C)C)C1C(C)C(C)C2c3ccccc3SC21.[CH3-].[CH3-].[CH3-].[Ti+4]. The van der Waals surface area contributed by atoms with Crippen LogP contribution in [0.4, 0.5) is 0 Å². The third-order valence-electron chi connectivity index (χ3n) is 7.08. The van der Waals surface area contributed by atoms with Gasteiger partial charge in [-0.05, 0) is 54.4 Å². The van der Waals surface area contributed by atoms with E-state index < -0.39 is 8.24 Å². The van der Waals surface area contributed by atoms with Crippen LogP contribution in [0.1, 0.15) is 46.1 Å². The third-order valence-corrected chi connectivity index (χ3v) is 13.6. The maximum Gasteiger partial charge on any atom is 4.00 e. The molecule has 1 saturated carbocycles. The van der Waals surface area contributed by atoms with E-state index in [1.807, 2.05) is 0 Å². The monoisotopic (exact) mass is 517 g/mol. The minimum absolute atomic E-state index is 0. The molecule has 0 spiro atoms. The molecule has 2 nitrogen and oxygen atoms in total. The van der Waals surface area contributed by atoms with Gasteiger partial charge in [0.2, 0.25) is 0 Å². The van der Waals surface area contributed by atoms with E-state index >= 15 is 0 Å². The molecular weight excluding hydrogens is 474 g/mol. The van der Waals surface area contributed by atoms with Crippen LogP contribution in [-0.2, 0) is 21.7 Å². The van der Waals surface area contributed by atoms with Crippen LogP contribution in [0.3, 0.4) is 0 Å². The number of hydrogen-bond donors (Lipinski definition) is 0. The normalized spacial score (nSPS) is 26.8. The second kappa shape index (κ2) is 11.9. The first-order valence-electron chi connectivity index (χ1n) is 10.8. The largest absolute Gasteiger partial charge is 4.00 e. The zero-order valence-electron chi connectivity index (χ0n) is 22.3. The summed E-state index contributed by atoms with van der Waals surface area (Å²) in [4.78, 5) is 7.14. The fraction of sp³-hybridized carbons (Fsp3) is 0.464. The maximum atomic E-state index is 5.87. The van der Waals surface area contributed by atoms with E-state index in [9.17, 15) is 0 Å². The molecule has 0 aromatic heterocycles. The van der Waals surface area contributed by atoms with Crippen LogP contribution < -0.4 is 9.92 Å². The summed E-state index contributed by atoms with van der Waals surface area (Å²) in [6, 6.07) is 17.7. The predicted octanol–water partition coefficient (Wildman–Crippen LogP) is 7.91. The predicted molar refractivity (Wildman–Crippen MR) is 148 cm³/mol. The third kappa shape index (κ3) is 5.67. The number of methoxy groups -OCH3 is 1. The standard InChI is InChI=1S/C25H34NOSSi.3CH3.Ti/c1-16-17(2)24(23-22(16)18-12-8-10-14-20(18)28-23)29(7,26-25(3,4)5)21-15-11-9-13-19(21)27-6;;;;/h8-17,22-24H,1-7H3;3*1H3;/q4*-1;+4. The van der Waals surface area contributed by atoms with Crippen LogP contribution in [0, 0.1) is 34.1 Å². The molecule has 0 amide bonds. The molecule has 1 aliphatic heterocycles. The smallest absolute Gasteiger partial charge is 0.656 e. The van der Waals surface area contributed by atoms with Gasteiger partial charge >= 0.3 is 21.7 Å². The summed E-state index contributed by atoms with van der Waals surface area (Å²) in [7, 11) is -0.444. The van der Waals surface area contributed by atoms with Crippen LogP contribution in [0.25, 0.3) is 4.98 Å². The maximum absolute atomic E-state index is 5.87. The Morgan fingerprint density at radius 1 is 0.909 bits per heavy atom. The molecule has 2 aliphatic rings. The van der Waals surface area contributed by atoms with Gasteiger partial charge in [-0.2, -0.15) is 0 Å². The molecule has 1 heterocycles. The van der Waals surface area contributed by atoms with Gasteiger partial charge in [-0.1, -0.05) is 77.6 Å². The molecule has 0 N–H and O–H groups in total. The number of para-hydroxylation sites is 1. The van der Waals surface area contributed by atoms with Crippen molar-refractivity contribution in [1.29, 1.82) is 0 Å². The van der Waals surface area contributed by atoms with E-state index in [4.69, 9.17) is 9.72 Å².